The molecule has 1 unspecified atom stereocenters. The number of carbonyl (C=O) groups excluding carboxylic acids is 1. The summed E-state index contributed by atoms with van der Waals surface area (Å²) in [6.45, 7) is 2.07. The van der Waals surface area contributed by atoms with Gasteiger partial charge in [0.25, 0.3) is 0 Å². The Morgan fingerprint density at radius 1 is 1.38 bits per heavy atom. The van der Waals surface area contributed by atoms with Gasteiger partial charge in [-0.1, -0.05) is 30.3 Å². The number of rotatable bonds is 4. The molecule has 2 N–H and O–H groups in total. The molecule has 124 valence electrons. The average Bonchev–Trinajstić information content (AvgIpc) is 2.99. The largest absolute Gasteiger partial charge is 0.457 e. The first-order chi connectivity index (χ1) is 11.5. The highest BCUT2D eigenvalue weighted by atomic mass is 79.9. The van der Waals surface area contributed by atoms with Crippen molar-refractivity contribution in [3.05, 3.63) is 68.0 Å². The lowest BCUT2D eigenvalue weighted by atomic mass is 10.0. The lowest BCUT2D eigenvalue weighted by molar-refractivity contribution is -0.140. The fourth-order valence-corrected chi connectivity index (χ4v) is 4.23. The molecule has 0 aliphatic carbocycles. The molecule has 1 aliphatic heterocycles. The third-order valence-corrected chi connectivity index (χ3v) is 5.55. The molecule has 0 saturated heterocycles. The second-order valence-corrected chi connectivity index (χ2v) is 7.57. The van der Waals surface area contributed by atoms with Gasteiger partial charge in [-0.3, -0.25) is 0 Å². The van der Waals surface area contributed by atoms with E-state index in [1.54, 1.807) is 11.3 Å². The van der Waals surface area contributed by atoms with E-state index in [0.29, 0.717) is 16.4 Å². The highest BCUT2D eigenvalue weighted by Crippen LogP contribution is 2.33. The SMILES string of the molecule is CC1=C(C(=O)OCc2ccccc2)C(c2cc(Br)cs2)NC(=S)N1. The minimum atomic E-state index is -0.353. The van der Waals surface area contributed by atoms with Gasteiger partial charge in [0.05, 0.1) is 11.6 Å². The molecule has 1 aromatic heterocycles. The highest BCUT2D eigenvalue weighted by Gasteiger charge is 2.31. The van der Waals surface area contributed by atoms with E-state index in [-0.39, 0.29) is 18.6 Å². The molecular formula is C17H15BrN2O2S2. The summed E-state index contributed by atoms with van der Waals surface area (Å²) in [5, 5.41) is 8.64. The zero-order chi connectivity index (χ0) is 17.1. The van der Waals surface area contributed by atoms with Gasteiger partial charge in [-0.05, 0) is 46.7 Å². The summed E-state index contributed by atoms with van der Waals surface area (Å²) in [6.07, 6.45) is 0. The van der Waals surface area contributed by atoms with Gasteiger partial charge >= 0.3 is 5.97 Å². The van der Waals surface area contributed by atoms with Gasteiger partial charge in [0.15, 0.2) is 5.11 Å². The summed E-state index contributed by atoms with van der Waals surface area (Å²) >= 11 is 10.2. The second-order valence-electron chi connectivity index (χ2n) is 5.30. The molecule has 1 aromatic carbocycles. The van der Waals surface area contributed by atoms with Gasteiger partial charge in [-0.2, -0.15) is 0 Å². The third-order valence-electron chi connectivity index (χ3n) is 3.57. The molecule has 0 radical (unpaired) electrons. The first kappa shape index (κ1) is 17.1. The van der Waals surface area contributed by atoms with Crippen LogP contribution in [0, 0.1) is 0 Å². The molecule has 7 heteroatoms. The summed E-state index contributed by atoms with van der Waals surface area (Å²) in [5.74, 6) is -0.353. The lowest BCUT2D eigenvalue weighted by Gasteiger charge is -2.28. The zero-order valence-corrected chi connectivity index (χ0v) is 16.1. The molecule has 1 atom stereocenters. The Morgan fingerprint density at radius 2 is 2.12 bits per heavy atom. The average molecular weight is 423 g/mol. The first-order valence-electron chi connectivity index (χ1n) is 7.28. The molecule has 4 nitrogen and oxygen atoms in total. The first-order valence-corrected chi connectivity index (χ1v) is 9.36. The van der Waals surface area contributed by atoms with Crippen molar-refractivity contribution in [3.63, 3.8) is 0 Å². The van der Waals surface area contributed by atoms with Crippen LogP contribution in [0.5, 0.6) is 0 Å². The summed E-state index contributed by atoms with van der Waals surface area (Å²) in [6, 6.07) is 11.3. The van der Waals surface area contributed by atoms with E-state index in [1.165, 1.54) is 0 Å². The Hall–Kier alpha value is -1.70. The van der Waals surface area contributed by atoms with Crippen molar-refractivity contribution in [1.29, 1.82) is 0 Å². The number of ether oxygens (including phenoxy) is 1. The number of carbonyl (C=O) groups is 1. The number of esters is 1. The summed E-state index contributed by atoms with van der Waals surface area (Å²) in [5.41, 5.74) is 2.21. The van der Waals surface area contributed by atoms with E-state index in [2.05, 4.69) is 26.6 Å². The number of allylic oxidation sites excluding steroid dienone is 1. The number of hydrogen-bond acceptors (Lipinski definition) is 4. The van der Waals surface area contributed by atoms with Gasteiger partial charge in [0.2, 0.25) is 0 Å². The Kier molecular flexibility index (Phi) is 5.33. The van der Waals surface area contributed by atoms with Crippen LogP contribution in [0.3, 0.4) is 0 Å². The van der Waals surface area contributed by atoms with Crippen LogP contribution >= 0.6 is 39.5 Å². The minimum absolute atomic E-state index is 0.238. The topological polar surface area (TPSA) is 50.4 Å². The van der Waals surface area contributed by atoms with Gasteiger partial charge in [0, 0.05) is 20.4 Å². The summed E-state index contributed by atoms with van der Waals surface area (Å²) in [4.78, 5) is 13.7. The Morgan fingerprint density at radius 3 is 2.79 bits per heavy atom. The number of thiocarbonyl (C=S) groups is 1. The predicted octanol–water partition coefficient (Wildman–Crippen LogP) is 4.05. The summed E-state index contributed by atoms with van der Waals surface area (Å²) < 4.78 is 6.48. The molecule has 1 aliphatic rings. The maximum atomic E-state index is 12.7. The van der Waals surface area contributed by atoms with E-state index in [0.717, 1.165) is 14.9 Å². The van der Waals surface area contributed by atoms with Crippen molar-refractivity contribution in [1.82, 2.24) is 10.6 Å². The highest BCUT2D eigenvalue weighted by molar-refractivity contribution is 9.10. The van der Waals surface area contributed by atoms with E-state index < -0.39 is 0 Å². The van der Waals surface area contributed by atoms with Gasteiger partial charge in [-0.25, -0.2) is 4.79 Å². The van der Waals surface area contributed by atoms with Crippen LogP contribution in [0.1, 0.15) is 23.4 Å². The fourth-order valence-electron chi connectivity index (χ4n) is 2.46. The van der Waals surface area contributed by atoms with Crippen LogP contribution < -0.4 is 10.6 Å². The van der Waals surface area contributed by atoms with Crippen molar-refractivity contribution in [2.45, 2.75) is 19.6 Å². The molecule has 0 saturated carbocycles. The minimum Gasteiger partial charge on any atom is -0.457 e. The van der Waals surface area contributed by atoms with Crippen LogP contribution in [0.4, 0.5) is 0 Å². The van der Waals surface area contributed by atoms with E-state index in [4.69, 9.17) is 17.0 Å². The molecule has 0 spiro atoms. The van der Waals surface area contributed by atoms with Crippen molar-refractivity contribution >= 4 is 50.6 Å². The van der Waals surface area contributed by atoms with Crippen LogP contribution in [-0.4, -0.2) is 11.1 Å². The number of halogens is 1. The number of benzene rings is 1. The molecule has 2 aromatic rings. The predicted molar refractivity (Wildman–Crippen MR) is 103 cm³/mol. The molecule has 24 heavy (non-hydrogen) atoms. The molecular weight excluding hydrogens is 408 g/mol. The second kappa shape index (κ2) is 7.46. The van der Waals surface area contributed by atoms with Crippen LogP contribution in [0.25, 0.3) is 0 Å². The molecule has 3 rings (SSSR count). The Bertz CT molecular complexity index is 802. The van der Waals surface area contributed by atoms with E-state index >= 15 is 0 Å². The molecule has 0 fully saturated rings. The fraction of sp³-hybridized carbons (Fsp3) is 0.176. The summed E-state index contributed by atoms with van der Waals surface area (Å²) in [7, 11) is 0. The molecule has 0 bridgehead atoms. The van der Waals surface area contributed by atoms with Crippen molar-refractivity contribution < 1.29 is 9.53 Å². The Labute approximate surface area is 158 Å². The Balaban J connectivity index is 1.82. The van der Waals surface area contributed by atoms with Gasteiger partial charge in [-0.15, -0.1) is 11.3 Å². The molecule has 2 heterocycles. The van der Waals surface area contributed by atoms with Gasteiger partial charge < -0.3 is 15.4 Å². The zero-order valence-electron chi connectivity index (χ0n) is 12.8. The van der Waals surface area contributed by atoms with Gasteiger partial charge in [0.1, 0.15) is 6.61 Å². The maximum Gasteiger partial charge on any atom is 0.338 e. The van der Waals surface area contributed by atoms with Crippen molar-refractivity contribution in [3.8, 4) is 0 Å². The van der Waals surface area contributed by atoms with Crippen LogP contribution in [-0.2, 0) is 16.1 Å². The quantitative estimate of drug-likeness (QED) is 0.574. The number of nitrogens with one attached hydrogen (secondary N) is 2. The lowest BCUT2D eigenvalue weighted by Crippen LogP contribution is -2.44. The van der Waals surface area contributed by atoms with Crippen LogP contribution in [0.15, 0.2) is 57.5 Å². The maximum absolute atomic E-state index is 12.7. The normalized spacial score (nSPS) is 17.2. The number of hydrogen-bond donors (Lipinski definition) is 2. The molecule has 0 amide bonds. The van der Waals surface area contributed by atoms with Crippen molar-refractivity contribution in [2.24, 2.45) is 0 Å². The standard InChI is InChI=1S/C17H15BrN2O2S2/c1-10-14(16(21)22-8-11-5-3-2-4-6-11)15(20-17(23)19-10)13-7-12(18)9-24-13/h2-7,9,15H,8H2,1H3,(H2,19,20,23). The van der Waals surface area contributed by atoms with E-state index in [9.17, 15) is 4.79 Å². The van der Waals surface area contributed by atoms with E-state index in [1.807, 2.05) is 48.7 Å². The van der Waals surface area contributed by atoms with Crippen LogP contribution in [0.2, 0.25) is 0 Å². The smallest absolute Gasteiger partial charge is 0.338 e. The van der Waals surface area contributed by atoms with Crippen molar-refractivity contribution in [2.75, 3.05) is 0 Å². The number of thiophene rings is 1. The monoisotopic (exact) mass is 422 g/mol. The third kappa shape index (κ3) is 3.85.